The van der Waals surface area contributed by atoms with E-state index in [-0.39, 0.29) is 12.3 Å². The van der Waals surface area contributed by atoms with Crippen LogP contribution in [0.5, 0.6) is 0 Å². The normalized spacial score (nSPS) is 11.3. The Bertz CT molecular complexity index is 1290. The Balaban J connectivity index is 1.54. The number of rotatable bonds is 8. The average molecular weight is 437 g/mol. The molecular weight excluding hydrogens is 412 g/mol. The molecule has 0 radical (unpaired) electrons. The Kier molecular flexibility index (Phi) is 6.90. The van der Waals surface area contributed by atoms with Gasteiger partial charge < -0.3 is 10.4 Å². The molecule has 3 aromatic carbocycles. The third-order valence-corrected chi connectivity index (χ3v) is 5.40. The topological polar surface area (TPSA) is 79.3 Å². The first-order valence-electron chi connectivity index (χ1n) is 10.8. The molecular formula is C28H24N2O3. The quantitative estimate of drug-likeness (QED) is 0.324. The van der Waals surface area contributed by atoms with Crippen LogP contribution in [-0.4, -0.2) is 22.0 Å². The molecule has 0 fully saturated rings. The molecule has 0 saturated heterocycles. The summed E-state index contributed by atoms with van der Waals surface area (Å²) in [6.45, 7) is 0. The lowest BCUT2D eigenvalue weighted by Crippen LogP contribution is -2.12. The van der Waals surface area contributed by atoms with E-state index in [1.54, 1.807) is 12.4 Å². The SMILES string of the molecule is O=C(O)CCCC=C(c1ccc(NC(=O)c2cccc3ccccc23)cc1)c1cccnc1. The third kappa shape index (κ3) is 5.52. The molecule has 5 nitrogen and oxygen atoms in total. The zero-order valence-electron chi connectivity index (χ0n) is 18.1. The zero-order valence-corrected chi connectivity index (χ0v) is 18.1. The summed E-state index contributed by atoms with van der Waals surface area (Å²) in [5.74, 6) is -0.950. The maximum absolute atomic E-state index is 12.9. The number of pyridine rings is 1. The van der Waals surface area contributed by atoms with Crippen LogP contribution < -0.4 is 5.32 Å². The van der Waals surface area contributed by atoms with E-state index in [0.29, 0.717) is 24.1 Å². The number of carbonyl (C=O) groups is 2. The van der Waals surface area contributed by atoms with E-state index >= 15 is 0 Å². The second kappa shape index (κ2) is 10.4. The van der Waals surface area contributed by atoms with Gasteiger partial charge in [0.15, 0.2) is 0 Å². The Morgan fingerprint density at radius 2 is 1.67 bits per heavy atom. The molecule has 1 amide bonds. The van der Waals surface area contributed by atoms with Gasteiger partial charge in [0.2, 0.25) is 0 Å². The number of anilines is 1. The highest BCUT2D eigenvalue weighted by Gasteiger charge is 2.11. The molecule has 0 spiro atoms. The second-order valence-corrected chi connectivity index (χ2v) is 7.70. The lowest BCUT2D eigenvalue weighted by Gasteiger charge is -2.11. The van der Waals surface area contributed by atoms with Gasteiger partial charge in [-0.05, 0) is 59.0 Å². The van der Waals surface area contributed by atoms with E-state index in [0.717, 1.165) is 27.5 Å². The number of unbranched alkanes of at least 4 members (excludes halogenated alkanes) is 1. The summed E-state index contributed by atoms with van der Waals surface area (Å²) in [4.78, 5) is 27.9. The summed E-state index contributed by atoms with van der Waals surface area (Å²) >= 11 is 0. The van der Waals surface area contributed by atoms with Crippen molar-refractivity contribution in [2.45, 2.75) is 19.3 Å². The lowest BCUT2D eigenvalue weighted by molar-refractivity contribution is -0.137. The maximum atomic E-state index is 12.9. The van der Waals surface area contributed by atoms with Crippen LogP contribution in [0.4, 0.5) is 5.69 Å². The summed E-state index contributed by atoms with van der Waals surface area (Å²) in [5, 5.41) is 13.8. The first-order chi connectivity index (χ1) is 16.1. The van der Waals surface area contributed by atoms with Crippen LogP contribution in [-0.2, 0) is 4.79 Å². The van der Waals surface area contributed by atoms with E-state index in [1.165, 1.54) is 0 Å². The van der Waals surface area contributed by atoms with Crippen molar-refractivity contribution in [2.75, 3.05) is 5.32 Å². The summed E-state index contributed by atoms with van der Waals surface area (Å²) in [5.41, 5.74) is 4.25. The fourth-order valence-corrected chi connectivity index (χ4v) is 3.78. The Morgan fingerprint density at radius 3 is 2.42 bits per heavy atom. The molecule has 164 valence electrons. The average Bonchev–Trinajstić information content (AvgIpc) is 2.85. The van der Waals surface area contributed by atoms with E-state index in [1.807, 2.05) is 84.9 Å². The molecule has 4 aromatic rings. The van der Waals surface area contributed by atoms with Crippen LogP contribution in [0.15, 0.2) is 97.3 Å². The van der Waals surface area contributed by atoms with Crippen molar-refractivity contribution < 1.29 is 14.7 Å². The number of aliphatic carboxylic acids is 1. The monoisotopic (exact) mass is 436 g/mol. The standard InChI is InChI=1S/C28H24N2O3/c31-27(32)13-4-3-10-24(22-9-6-18-29-19-22)21-14-16-23(17-15-21)30-28(33)26-12-5-8-20-7-1-2-11-25(20)26/h1-2,5-12,14-19H,3-4,13H2,(H,30,33)(H,31,32). The van der Waals surface area contributed by atoms with E-state index in [9.17, 15) is 9.59 Å². The molecule has 0 aliphatic rings. The number of hydrogen-bond donors (Lipinski definition) is 2. The van der Waals surface area contributed by atoms with Crippen molar-refractivity contribution in [3.05, 3.63) is 114 Å². The minimum absolute atomic E-state index is 0.135. The molecule has 1 aromatic heterocycles. The molecule has 2 N–H and O–H groups in total. The highest BCUT2D eigenvalue weighted by atomic mass is 16.4. The van der Waals surface area contributed by atoms with Crippen LogP contribution in [0.3, 0.4) is 0 Å². The van der Waals surface area contributed by atoms with Gasteiger partial charge in [-0.1, -0.05) is 60.7 Å². The molecule has 0 unspecified atom stereocenters. The molecule has 0 saturated carbocycles. The largest absolute Gasteiger partial charge is 0.481 e. The first kappa shape index (κ1) is 22.0. The number of hydrogen-bond acceptors (Lipinski definition) is 3. The van der Waals surface area contributed by atoms with E-state index in [2.05, 4.69) is 10.3 Å². The van der Waals surface area contributed by atoms with Crippen LogP contribution >= 0.6 is 0 Å². The summed E-state index contributed by atoms with van der Waals surface area (Å²) in [7, 11) is 0. The molecule has 1 heterocycles. The third-order valence-electron chi connectivity index (χ3n) is 5.40. The van der Waals surface area contributed by atoms with Gasteiger partial charge in [0.05, 0.1) is 0 Å². The minimum atomic E-state index is -0.794. The summed E-state index contributed by atoms with van der Waals surface area (Å²) in [6.07, 6.45) is 6.91. The van der Waals surface area contributed by atoms with Gasteiger partial charge >= 0.3 is 5.97 Å². The number of allylic oxidation sites excluding steroid dienone is 1. The van der Waals surface area contributed by atoms with Crippen molar-refractivity contribution in [1.29, 1.82) is 0 Å². The number of fused-ring (bicyclic) bond motifs is 1. The molecule has 0 aliphatic carbocycles. The molecule has 4 rings (SSSR count). The van der Waals surface area contributed by atoms with E-state index in [4.69, 9.17) is 5.11 Å². The minimum Gasteiger partial charge on any atom is -0.481 e. The van der Waals surface area contributed by atoms with Crippen molar-refractivity contribution in [3.63, 3.8) is 0 Å². The van der Waals surface area contributed by atoms with Gasteiger partial charge in [-0.15, -0.1) is 0 Å². The van der Waals surface area contributed by atoms with Crippen LogP contribution in [0.2, 0.25) is 0 Å². The van der Waals surface area contributed by atoms with Crippen molar-refractivity contribution in [3.8, 4) is 0 Å². The number of amides is 1. The number of carboxylic acids is 1. The van der Waals surface area contributed by atoms with Gasteiger partial charge in [0, 0.05) is 35.6 Å². The smallest absolute Gasteiger partial charge is 0.303 e. The van der Waals surface area contributed by atoms with E-state index < -0.39 is 5.97 Å². The number of nitrogens with one attached hydrogen (secondary N) is 1. The molecule has 0 bridgehead atoms. The van der Waals surface area contributed by atoms with Crippen LogP contribution in [0.25, 0.3) is 16.3 Å². The molecule has 5 heteroatoms. The fraction of sp³-hybridized carbons (Fsp3) is 0.107. The summed E-state index contributed by atoms with van der Waals surface area (Å²) < 4.78 is 0. The number of nitrogens with zero attached hydrogens (tertiary/aromatic N) is 1. The Labute approximate surface area is 192 Å². The maximum Gasteiger partial charge on any atom is 0.303 e. The van der Waals surface area contributed by atoms with Gasteiger partial charge in [-0.3, -0.25) is 14.6 Å². The highest BCUT2D eigenvalue weighted by Crippen LogP contribution is 2.26. The second-order valence-electron chi connectivity index (χ2n) is 7.70. The lowest BCUT2D eigenvalue weighted by atomic mass is 9.97. The first-order valence-corrected chi connectivity index (χ1v) is 10.8. The molecule has 0 aliphatic heterocycles. The predicted octanol–water partition coefficient (Wildman–Crippen LogP) is 6.17. The Morgan fingerprint density at radius 1 is 0.879 bits per heavy atom. The van der Waals surface area contributed by atoms with Gasteiger partial charge in [0.25, 0.3) is 5.91 Å². The molecule has 0 atom stereocenters. The van der Waals surface area contributed by atoms with Crippen molar-refractivity contribution in [2.24, 2.45) is 0 Å². The molecule has 33 heavy (non-hydrogen) atoms. The van der Waals surface area contributed by atoms with Gasteiger partial charge in [-0.2, -0.15) is 0 Å². The highest BCUT2D eigenvalue weighted by molar-refractivity contribution is 6.12. The van der Waals surface area contributed by atoms with Crippen molar-refractivity contribution in [1.82, 2.24) is 4.98 Å². The Hall–Kier alpha value is -4.25. The van der Waals surface area contributed by atoms with Crippen LogP contribution in [0.1, 0.15) is 40.7 Å². The fourth-order valence-electron chi connectivity index (χ4n) is 3.78. The van der Waals surface area contributed by atoms with Crippen LogP contribution in [0, 0.1) is 0 Å². The van der Waals surface area contributed by atoms with Gasteiger partial charge in [0.1, 0.15) is 0 Å². The van der Waals surface area contributed by atoms with Crippen molar-refractivity contribution >= 4 is 33.9 Å². The number of benzene rings is 3. The number of aromatic nitrogens is 1. The summed E-state index contributed by atoms with van der Waals surface area (Å²) in [6, 6.07) is 25.0. The number of carbonyl (C=O) groups excluding carboxylic acids is 1. The van der Waals surface area contributed by atoms with Gasteiger partial charge in [-0.25, -0.2) is 0 Å². The number of carboxylic acid groups (broad SMARTS) is 1. The predicted molar refractivity (Wildman–Crippen MR) is 131 cm³/mol. The zero-order chi connectivity index (χ0) is 23.0.